The van der Waals surface area contributed by atoms with E-state index < -0.39 is 5.97 Å². The second-order valence-corrected chi connectivity index (χ2v) is 10.1. The molecule has 4 heterocycles. The average molecular weight is 525 g/mol. The number of carbonyl (C=O) groups excluding carboxylic acids is 1. The molecule has 0 N–H and O–H groups in total. The summed E-state index contributed by atoms with van der Waals surface area (Å²) in [6, 6.07) is 16.7. The molecule has 200 valence electrons. The Bertz CT molecular complexity index is 1620. The van der Waals surface area contributed by atoms with Crippen molar-refractivity contribution in [2.75, 3.05) is 32.3 Å². The van der Waals surface area contributed by atoms with Gasteiger partial charge < -0.3 is 18.9 Å². The highest BCUT2D eigenvalue weighted by Gasteiger charge is 2.32. The van der Waals surface area contributed by atoms with Crippen molar-refractivity contribution in [3.63, 3.8) is 0 Å². The number of pyridine rings is 1. The van der Waals surface area contributed by atoms with Gasteiger partial charge in [-0.25, -0.2) is 14.8 Å². The van der Waals surface area contributed by atoms with Crippen molar-refractivity contribution in [1.29, 1.82) is 0 Å². The molecular formula is C30H32N6O3. The molecule has 1 aliphatic rings. The molecule has 1 aromatic carbocycles. The molecule has 0 bridgehead atoms. The van der Waals surface area contributed by atoms with Crippen LogP contribution in [0.25, 0.3) is 27.9 Å². The number of nitrogens with zero attached hydrogens (tertiary/aromatic N) is 6. The molecule has 0 unspecified atom stereocenters. The van der Waals surface area contributed by atoms with Crippen molar-refractivity contribution in [2.45, 2.75) is 32.4 Å². The van der Waals surface area contributed by atoms with Crippen LogP contribution < -0.4 is 4.90 Å². The van der Waals surface area contributed by atoms with Crippen LogP contribution in [0.1, 0.15) is 41.7 Å². The first-order chi connectivity index (χ1) is 19.1. The molecule has 1 fully saturated rings. The number of anilines is 1. The van der Waals surface area contributed by atoms with E-state index >= 15 is 0 Å². The molecule has 0 amide bonds. The Morgan fingerprint density at radius 2 is 1.95 bits per heavy atom. The van der Waals surface area contributed by atoms with E-state index in [1.807, 2.05) is 43.6 Å². The van der Waals surface area contributed by atoms with E-state index in [1.165, 1.54) is 5.56 Å². The minimum atomic E-state index is -0.434. The number of benzene rings is 1. The Labute approximate surface area is 227 Å². The lowest BCUT2D eigenvalue weighted by Crippen LogP contribution is -2.29. The first-order valence-corrected chi connectivity index (χ1v) is 13.3. The maximum atomic E-state index is 12.8. The van der Waals surface area contributed by atoms with Crippen molar-refractivity contribution in [3.8, 4) is 11.3 Å². The van der Waals surface area contributed by atoms with Gasteiger partial charge in [0.2, 0.25) is 0 Å². The third-order valence-corrected chi connectivity index (χ3v) is 7.47. The van der Waals surface area contributed by atoms with Gasteiger partial charge >= 0.3 is 5.97 Å². The number of rotatable bonds is 9. The molecule has 0 spiro atoms. The lowest BCUT2D eigenvalue weighted by molar-refractivity contribution is 0.0528. The minimum Gasteiger partial charge on any atom is -0.462 e. The first-order valence-electron chi connectivity index (χ1n) is 13.3. The Morgan fingerprint density at radius 1 is 1.13 bits per heavy atom. The summed E-state index contributed by atoms with van der Waals surface area (Å²) in [5, 5.41) is 5.57. The van der Waals surface area contributed by atoms with Crippen LogP contribution in [-0.2, 0) is 16.0 Å². The van der Waals surface area contributed by atoms with Gasteiger partial charge in [-0.05, 0) is 43.4 Å². The lowest BCUT2D eigenvalue weighted by Gasteiger charge is -2.36. The van der Waals surface area contributed by atoms with Gasteiger partial charge in [0.15, 0.2) is 5.65 Å². The van der Waals surface area contributed by atoms with Crippen LogP contribution in [0.15, 0.2) is 67.1 Å². The predicted molar refractivity (Wildman–Crippen MR) is 150 cm³/mol. The highest BCUT2D eigenvalue weighted by atomic mass is 16.5. The average Bonchev–Trinajstić information content (AvgIpc) is 3.53. The standard InChI is InChI=1S/C30H32N6O3/c1-4-39-30(37)24-16-32-36-27(34(2)17-20-9-6-5-7-10-20)15-26(33-29(24)36)25-18-35(22-13-21(14-22)19-38-3)28-23(25)11-8-12-31-28/h5-12,15-16,18,21-22H,4,13-14,17,19H2,1-3H3. The van der Waals surface area contributed by atoms with Gasteiger partial charge in [-0.3, -0.25) is 0 Å². The van der Waals surface area contributed by atoms with Crippen LogP contribution in [0.4, 0.5) is 5.82 Å². The summed E-state index contributed by atoms with van der Waals surface area (Å²) >= 11 is 0. The summed E-state index contributed by atoms with van der Waals surface area (Å²) in [5.74, 6) is 0.954. The van der Waals surface area contributed by atoms with E-state index in [0.29, 0.717) is 29.7 Å². The monoisotopic (exact) mass is 524 g/mol. The maximum absolute atomic E-state index is 12.8. The largest absolute Gasteiger partial charge is 0.462 e. The number of esters is 1. The number of hydrogen-bond acceptors (Lipinski definition) is 7. The van der Waals surface area contributed by atoms with Crippen molar-refractivity contribution in [2.24, 2.45) is 5.92 Å². The molecule has 6 rings (SSSR count). The Morgan fingerprint density at radius 3 is 2.72 bits per heavy atom. The van der Waals surface area contributed by atoms with Crippen LogP contribution in [0.3, 0.4) is 0 Å². The van der Waals surface area contributed by atoms with Crippen molar-refractivity contribution in [3.05, 3.63) is 78.2 Å². The number of hydrogen-bond donors (Lipinski definition) is 0. The third kappa shape index (κ3) is 4.63. The first kappa shape index (κ1) is 25.1. The molecule has 9 nitrogen and oxygen atoms in total. The summed E-state index contributed by atoms with van der Waals surface area (Å²) in [7, 11) is 3.78. The molecule has 0 aliphatic heterocycles. The normalized spacial score (nSPS) is 16.9. The Kier molecular flexibility index (Phi) is 6.74. The predicted octanol–water partition coefficient (Wildman–Crippen LogP) is 5.16. The summed E-state index contributed by atoms with van der Waals surface area (Å²) in [6.45, 7) is 3.52. The van der Waals surface area contributed by atoms with Crippen LogP contribution in [-0.4, -0.2) is 57.5 Å². The molecule has 0 radical (unpaired) electrons. The number of fused-ring (bicyclic) bond motifs is 2. The summed E-state index contributed by atoms with van der Waals surface area (Å²) in [4.78, 5) is 24.7. The van der Waals surface area contributed by atoms with Gasteiger partial charge in [0.05, 0.1) is 18.5 Å². The molecule has 39 heavy (non-hydrogen) atoms. The fourth-order valence-electron chi connectivity index (χ4n) is 5.51. The zero-order chi connectivity index (χ0) is 26.9. The van der Waals surface area contributed by atoms with E-state index in [1.54, 1.807) is 24.7 Å². The van der Waals surface area contributed by atoms with Crippen molar-refractivity contribution >= 4 is 28.5 Å². The van der Waals surface area contributed by atoms with Gasteiger partial charge in [-0.1, -0.05) is 30.3 Å². The molecule has 4 aromatic heterocycles. The van der Waals surface area contributed by atoms with Crippen LogP contribution in [0, 0.1) is 5.92 Å². The van der Waals surface area contributed by atoms with Crippen LogP contribution in [0.5, 0.6) is 0 Å². The number of ether oxygens (including phenoxy) is 2. The number of carbonyl (C=O) groups is 1. The second-order valence-electron chi connectivity index (χ2n) is 10.1. The third-order valence-electron chi connectivity index (χ3n) is 7.47. The van der Waals surface area contributed by atoms with E-state index in [0.717, 1.165) is 47.6 Å². The molecule has 0 saturated heterocycles. The molecule has 1 saturated carbocycles. The zero-order valence-electron chi connectivity index (χ0n) is 22.4. The highest BCUT2D eigenvalue weighted by molar-refractivity contribution is 5.98. The molecule has 9 heteroatoms. The van der Waals surface area contributed by atoms with Gasteiger partial charge in [0, 0.05) is 62.8 Å². The SMILES string of the molecule is CCOC(=O)c1cnn2c(N(C)Cc3ccccc3)cc(-c3cn(C4CC(COC)C4)c4ncccc34)nc12. The van der Waals surface area contributed by atoms with Gasteiger partial charge in [-0.2, -0.15) is 9.61 Å². The van der Waals surface area contributed by atoms with E-state index in [-0.39, 0.29) is 6.61 Å². The van der Waals surface area contributed by atoms with E-state index in [2.05, 4.69) is 39.0 Å². The molecule has 1 aliphatic carbocycles. The number of aromatic nitrogens is 5. The molecule has 0 atom stereocenters. The fourth-order valence-corrected chi connectivity index (χ4v) is 5.51. The van der Waals surface area contributed by atoms with Gasteiger partial charge in [0.25, 0.3) is 0 Å². The second kappa shape index (κ2) is 10.5. The van der Waals surface area contributed by atoms with Gasteiger partial charge in [0.1, 0.15) is 17.0 Å². The van der Waals surface area contributed by atoms with Crippen LogP contribution >= 0.6 is 0 Å². The van der Waals surface area contributed by atoms with Gasteiger partial charge in [-0.15, -0.1) is 0 Å². The molecular weight excluding hydrogens is 492 g/mol. The summed E-state index contributed by atoms with van der Waals surface area (Å²) in [5.41, 5.74) is 4.65. The minimum absolute atomic E-state index is 0.279. The quantitative estimate of drug-likeness (QED) is 0.246. The highest BCUT2D eigenvalue weighted by Crippen LogP contribution is 2.42. The topological polar surface area (TPSA) is 86.8 Å². The lowest BCUT2D eigenvalue weighted by atomic mass is 9.80. The van der Waals surface area contributed by atoms with Crippen molar-refractivity contribution in [1.82, 2.24) is 24.1 Å². The van der Waals surface area contributed by atoms with E-state index in [4.69, 9.17) is 19.4 Å². The summed E-state index contributed by atoms with van der Waals surface area (Å²) in [6.07, 6.45) is 7.64. The summed E-state index contributed by atoms with van der Waals surface area (Å²) < 4.78 is 14.7. The van der Waals surface area contributed by atoms with Crippen molar-refractivity contribution < 1.29 is 14.3 Å². The van der Waals surface area contributed by atoms with Crippen LogP contribution in [0.2, 0.25) is 0 Å². The Balaban J connectivity index is 1.48. The van der Waals surface area contributed by atoms with E-state index in [9.17, 15) is 4.79 Å². The zero-order valence-corrected chi connectivity index (χ0v) is 22.4. The maximum Gasteiger partial charge on any atom is 0.343 e. The number of methoxy groups -OCH3 is 1. The molecule has 5 aromatic rings. The Hall–Kier alpha value is -4.24. The fraction of sp³-hybridized carbons (Fsp3) is 0.333. The smallest absolute Gasteiger partial charge is 0.343 e.